The summed E-state index contributed by atoms with van der Waals surface area (Å²) in [5, 5.41) is 12.0. The van der Waals surface area contributed by atoms with Crippen LogP contribution in [0.2, 0.25) is 5.02 Å². The molecule has 25 heavy (non-hydrogen) atoms. The van der Waals surface area contributed by atoms with Crippen molar-refractivity contribution in [2.45, 2.75) is 24.9 Å². The van der Waals surface area contributed by atoms with Gasteiger partial charge in [0.15, 0.2) is 5.16 Å². The Hall–Kier alpha value is -2.32. The largest absolute Gasteiger partial charge is 0.325 e. The van der Waals surface area contributed by atoms with Gasteiger partial charge in [0.05, 0.1) is 5.75 Å². The Kier molecular flexibility index (Phi) is 5.10. The summed E-state index contributed by atoms with van der Waals surface area (Å²) in [6.07, 6.45) is 0. The number of fused-ring (bicyclic) bond motifs is 1. The molecule has 0 fully saturated rings. The van der Waals surface area contributed by atoms with Crippen molar-refractivity contribution in [2.24, 2.45) is 0 Å². The molecule has 130 valence electrons. The van der Waals surface area contributed by atoms with Crippen LogP contribution < -0.4 is 10.9 Å². The molecule has 2 N–H and O–H groups in total. The number of carbonyl (C=O) groups is 1. The first-order valence-corrected chi connectivity index (χ1v) is 8.97. The van der Waals surface area contributed by atoms with Crippen LogP contribution in [0.5, 0.6) is 0 Å². The number of nitrogens with zero attached hydrogens (tertiary/aromatic N) is 3. The second kappa shape index (κ2) is 7.28. The van der Waals surface area contributed by atoms with E-state index in [2.05, 4.69) is 20.5 Å². The molecule has 0 bridgehead atoms. The number of thioether (sulfide) groups is 1. The van der Waals surface area contributed by atoms with E-state index in [9.17, 15) is 9.59 Å². The first kappa shape index (κ1) is 17.5. The molecule has 0 saturated carbocycles. The quantitative estimate of drug-likeness (QED) is 0.667. The molecule has 0 aliphatic carbocycles. The van der Waals surface area contributed by atoms with Crippen LogP contribution in [-0.4, -0.2) is 31.2 Å². The highest BCUT2D eigenvalue weighted by molar-refractivity contribution is 7.99. The van der Waals surface area contributed by atoms with Crippen LogP contribution in [0.1, 0.15) is 25.5 Å². The number of aromatic amines is 1. The monoisotopic (exact) mass is 377 g/mol. The van der Waals surface area contributed by atoms with Crippen molar-refractivity contribution in [1.29, 1.82) is 0 Å². The Labute approximate surface area is 152 Å². The summed E-state index contributed by atoms with van der Waals surface area (Å²) in [5.74, 6) is 0.486. The number of carbonyl (C=O) groups excluding carboxylic acids is 1. The van der Waals surface area contributed by atoms with Gasteiger partial charge >= 0.3 is 0 Å². The summed E-state index contributed by atoms with van der Waals surface area (Å²) >= 11 is 7.08. The molecule has 3 aromatic rings. The molecule has 2 aromatic heterocycles. The van der Waals surface area contributed by atoms with Gasteiger partial charge in [-0.1, -0.05) is 37.2 Å². The Morgan fingerprint density at radius 3 is 2.72 bits per heavy atom. The van der Waals surface area contributed by atoms with Crippen LogP contribution in [0.15, 0.2) is 40.3 Å². The number of hydrogen-bond acceptors (Lipinski definition) is 5. The van der Waals surface area contributed by atoms with E-state index in [1.165, 1.54) is 17.8 Å². The normalized spacial score (nSPS) is 11.2. The van der Waals surface area contributed by atoms with E-state index < -0.39 is 0 Å². The van der Waals surface area contributed by atoms with Gasteiger partial charge in [-0.3, -0.25) is 19.0 Å². The zero-order valence-corrected chi connectivity index (χ0v) is 15.2. The maximum absolute atomic E-state index is 12.1. The van der Waals surface area contributed by atoms with Gasteiger partial charge in [-0.2, -0.15) is 0 Å². The minimum atomic E-state index is -0.222. The molecular weight excluding hydrogens is 362 g/mol. The van der Waals surface area contributed by atoms with Crippen molar-refractivity contribution in [1.82, 2.24) is 19.6 Å². The van der Waals surface area contributed by atoms with Crippen molar-refractivity contribution >= 4 is 40.7 Å². The molecule has 1 amide bonds. The summed E-state index contributed by atoms with van der Waals surface area (Å²) in [6.45, 7) is 3.96. The molecule has 0 atom stereocenters. The van der Waals surface area contributed by atoms with E-state index in [1.54, 1.807) is 28.7 Å². The number of amides is 1. The van der Waals surface area contributed by atoms with Crippen molar-refractivity contribution in [2.75, 3.05) is 11.1 Å². The van der Waals surface area contributed by atoms with Gasteiger partial charge in [0.1, 0.15) is 0 Å². The molecule has 0 aliphatic rings. The summed E-state index contributed by atoms with van der Waals surface area (Å²) in [6, 6.07) is 8.42. The van der Waals surface area contributed by atoms with Gasteiger partial charge in [0.25, 0.3) is 5.56 Å². The van der Waals surface area contributed by atoms with Crippen molar-refractivity contribution < 1.29 is 4.79 Å². The van der Waals surface area contributed by atoms with Gasteiger partial charge in [-0.15, -0.1) is 10.2 Å². The van der Waals surface area contributed by atoms with Crippen LogP contribution in [0.3, 0.4) is 0 Å². The lowest BCUT2D eigenvalue weighted by atomic mass is 10.1. The average molecular weight is 378 g/mol. The third-order valence-electron chi connectivity index (χ3n) is 3.46. The van der Waals surface area contributed by atoms with Gasteiger partial charge < -0.3 is 5.32 Å². The minimum Gasteiger partial charge on any atom is -0.325 e. The van der Waals surface area contributed by atoms with Crippen LogP contribution in [0, 0.1) is 0 Å². The van der Waals surface area contributed by atoms with Crippen LogP contribution in [0.4, 0.5) is 5.69 Å². The number of rotatable bonds is 5. The topological polar surface area (TPSA) is 92.2 Å². The Morgan fingerprint density at radius 1 is 1.32 bits per heavy atom. The number of benzene rings is 1. The highest BCUT2D eigenvalue weighted by Gasteiger charge is 2.15. The van der Waals surface area contributed by atoms with E-state index in [0.29, 0.717) is 21.6 Å². The Bertz CT molecular complexity index is 965. The summed E-state index contributed by atoms with van der Waals surface area (Å²) in [5.41, 5.74) is 1.25. The van der Waals surface area contributed by atoms with E-state index in [-0.39, 0.29) is 23.1 Å². The minimum absolute atomic E-state index is 0.114. The smallest absolute Gasteiger partial charge is 0.252 e. The van der Waals surface area contributed by atoms with Crippen molar-refractivity contribution in [3.63, 3.8) is 0 Å². The first-order valence-electron chi connectivity index (χ1n) is 7.60. The summed E-state index contributed by atoms with van der Waals surface area (Å²) < 4.78 is 1.77. The Balaban J connectivity index is 1.76. The molecule has 9 heteroatoms. The van der Waals surface area contributed by atoms with Crippen LogP contribution in [-0.2, 0) is 4.79 Å². The summed E-state index contributed by atoms with van der Waals surface area (Å²) in [4.78, 5) is 26.5. The molecule has 1 aromatic carbocycles. The van der Waals surface area contributed by atoms with E-state index in [4.69, 9.17) is 11.6 Å². The van der Waals surface area contributed by atoms with Gasteiger partial charge in [-0.05, 0) is 30.2 Å². The van der Waals surface area contributed by atoms with Gasteiger partial charge in [-0.25, -0.2) is 0 Å². The molecular formula is C16H16ClN5O2S. The first-order chi connectivity index (χ1) is 11.9. The summed E-state index contributed by atoms with van der Waals surface area (Å²) in [7, 11) is 0. The zero-order valence-electron chi connectivity index (χ0n) is 13.6. The fourth-order valence-electron chi connectivity index (χ4n) is 2.31. The molecule has 0 aliphatic heterocycles. The fraction of sp³-hybridized carbons (Fsp3) is 0.250. The molecule has 0 saturated heterocycles. The lowest BCUT2D eigenvalue weighted by Crippen LogP contribution is -2.15. The van der Waals surface area contributed by atoms with Crippen LogP contribution in [0.25, 0.3) is 5.78 Å². The van der Waals surface area contributed by atoms with Crippen molar-refractivity contribution in [3.8, 4) is 0 Å². The number of anilines is 1. The lowest BCUT2D eigenvalue weighted by Gasteiger charge is -2.09. The second-order valence-corrected chi connectivity index (χ2v) is 7.08. The zero-order chi connectivity index (χ0) is 18.0. The predicted molar refractivity (Wildman–Crippen MR) is 98.5 cm³/mol. The van der Waals surface area contributed by atoms with Crippen molar-refractivity contribution in [3.05, 3.63) is 51.4 Å². The number of aromatic nitrogens is 4. The molecule has 0 radical (unpaired) electrons. The third-order valence-corrected chi connectivity index (χ3v) is 4.64. The number of halogens is 1. The third kappa shape index (κ3) is 4.02. The lowest BCUT2D eigenvalue weighted by molar-refractivity contribution is -0.113. The standard InChI is InChI=1S/C16H16ClN5O2S/c1-9(2)12-7-13(23)19-15-20-21-16(22(12)15)25-8-14(24)18-11-5-3-10(17)4-6-11/h3-7,9H,8H2,1-2H3,(H,18,24)(H,19,20,23). The average Bonchev–Trinajstić information content (AvgIpc) is 2.97. The van der Waals surface area contributed by atoms with Gasteiger partial charge in [0.2, 0.25) is 11.7 Å². The van der Waals surface area contributed by atoms with Crippen LogP contribution >= 0.6 is 23.4 Å². The number of nitrogens with one attached hydrogen (secondary N) is 2. The maximum Gasteiger partial charge on any atom is 0.252 e. The number of hydrogen-bond donors (Lipinski definition) is 2. The number of H-pyrrole nitrogens is 1. The maximum atomic E-state index is 12.1. The second-order valence-electron chi connectivity index (χ2n) is 5.70. The molecule has 3 rings (SSSR count). The highest BCUT2D eigenvalue weighted by Crippen LogP contribution is 2.21. The fourth-order valence-corrected chi connectivity index (χ4v) is 3.19. The van der Waals surface area contributed by atoms with E-state index in [1.807, 2.05) is 13.8 Å². The van der Waals surface area contributed by atoms with E-state index >= 15 is 0 Å². The van der Waals surface area contributed by atoms with Gasteiger partial charge in [0, 0.05) is 22.5 Å². The molecule has 0 unspecified atom stereocenters. The van der Waals surface area contributed by atoms with E-state index in [0.717, 1.165) is 5.69 Å². The SMILES string of the molecule is CC(C)c1cc(=O)[nH]c2nnc(SCC(=O)Nc3ccc(Cl)cc3)n12. The molecule has 7 nitrogen and oxygen atoms in total. The molecule has 0 spiro atoms. The Morgan fingerprint density at radius 2 is 2.04 bits per heavy atom. The predicted octanol–water partition coefficient (Wildman–Crippen LogP) is 2.93. The molecule has 2 heterocycles. The highest BCUT2D eigenvalue weighted by atomic mass is 35.5.